The fraction of sp³-hybridized carbons (Fsp3) is 0.571. The molecule has 1 fully saturated rings. The molecule has 0 heterocycles. The van der Waals surface area contributed by atoms with Crippen molar-refractivity contribution >= 4 is 11.6 Å². The van der Waals surface area contributed by atoms with E-state index in [-0.39, 0.29) is 11.2 Å². The minimum atomic E-state index is -0.158. The number of hydrogen-bond donors (Lipinski definition) is 0. The zero-order valence-electron chi connectivity index (χ0n) is 9.89. The second-order valence-electron chi connectivity index (χ2n) is 4.90. The largest absolute Gasteiger partial charge is 0.207 e. The van der Waals surface area contributed by atoms with Gasteiger partial charge in [0.05, 0.1) is 5.38 Å². The van der Waals surface area contributed by atoms with Crippen LogP contribution < -0.4 is 0 Å². The van der Waals surface area contributed by atoms with E-state index in [1.165, 1.54) is 25.7 Å². The van der Waals surface area contributed by atoms with Crippen LogP contribution in [0.15, 0.2) is 12.1 Å². The lowest BCUT2D eigenvalue weighted by molar-refractivity contribution is 0.524. The Hall–Kier alpha value is -0.560. The van der Waals surface area contributed by atoms with Crippen molar-refractivity contribution in [2.75, 3.05) is 0 Å². The molecule has 0 saturated heterocycles. The Morgan fingerprint density at radius 2 is 1.69 bits per heavy atom. The van der Waals surface area contributed by atoms with E-state index in [9.17, 15) is 4.39 Å². The molecule has 1 atom stereocenters. The summed E-state index contributed by atoms with van der Waals surface area (Å²) in [5, 5.41) is 0.0584. The maximum absolute atomic E-state index is 13.2. The molecule has 16 heavy (non-hydrogen) atoms. The van der Waals surface area contributed by atoms with Gasteiger partial charge in [0, 0.05) is 0 Å². The van der Waals surface area contributed by atoms with E-state index in [4.69, 9.17) is 11.6 Å². The topological polar surface area (TPSA) is 0 Å². The number of rotatable bonds is 2. The molecule has 0 N–H and O–H groups in total. The van der Waals surface area contributed by atoms with Crippen LogP contribution in [-0.4, -0.2) is 0 Å². The van der Waals surface area contributed by atoms with Gasteiger partial charge in [-0.05, 0) is 61.4 Å². The number of halogens is 2. The van der Waals surface area contributed by atoms with Crippen molar-refractivity contribution in [1.29, 1.82) is 0 Å². The smallest absolute Gasteiger partial charge is 0.123 e. The van der Waals surface area contributed by atoms with Gasteiger partial charge in [-0.2, -0.15) is 0 Å². The third kappa shape index (κ3) is 2.24. The van der Waals surface area contributed by atoms with Gasteiger partial charge in [-0.3, -0.25) is 0 Å². The lowest BCUT2D eigenvalue weighted by Crippen LogP contribution is -2.07. The minimum absolute atomic E-state index is 0.0584. The van der Waals surface area contributed by atoms with E-state index in [0.29, 0.717) is 5.92 Å². The van der Waals surface area contributed by atoms with Crippen molar-refractivity contribution in [3.8, 4) is 0 Å². The van der Waals surface area contributed by atoms with Gasteiger partial charge in [-0.25, -0.2) is 4.39 Å². The van der Waals surface area contributed by atoms with E-state index in [2.05, 4.69) is 0 Å². The summed E-state index contributed by atoms with van der Waals surface area (Å²) in [7, 11) is 0. The first-order valence-electron chi connectivity index (χ1n) is 6.00. The average molecular weight is 241 g/mol. The Bertz CT molecular complexity index is 357. The zero-order chi connectivity index (χ0) is 11.7. The summed E-state index contributed by atoms with van der Waals surface area (Å²) in [4.78, 5) is 0. The lowest BCUT2D eigenvalue weighted by Gasteiger charge is -2.21. The summed E-state index contributed by atoms with van der Waals surface area (Å²) < 4.78 is 13.2. The second-order valence-corrected chi connectivity index (χ2v) is 5.37. The molecule has 1 unspecified atom stereocenters. The number of alkyl halides is 1. The van der Waals surface area contributed by atoms with Crippen LogP contribution in [0.2, 0.25) is 0 Å². The summed E-state index contributed by atoms with van der Waals surface area (Å²) in [5.41, 5.74) is 3.13. The van der Waals surface area contributed by atoms with E-state index >= 15 is 0 Å². The molecule has 0 aliphatic heterocycles. The molecule has 0 aromatic heterocycles. The second kappa shape index (κ2) is 4.75. The Morgan fingerprint density at radius 1 is 1.19 bits per heavy atom. The highest BCUT2D eigenvalue weighted by Gasteiger charge is 2.26. The highest BCUT2D eigenvalue weighted by Crippen LogP contribution is 2.42. The molecule has 0 radical (unpaired) electrons. The average Bonchev–Trinajstić information content (AvgIpc) is 2.67. The van der Waals surface area contributed by atoms with Crippen LogP contribution in [0.1, 0.15) is 47.8 Å². The van der Waals surface area contributed by atoms with E-state index in [1.54, 1.807) is 12.1 Å². The molecule has 1 aromatic rings. The lowest BCUT2D eigenvalue weighted by atomic mass is 9.91. The van der Waals surface area contributed by atoms with Crippen molar-refractivity contribution in [3.05, 3.63) is 34.6 Å². The SMILES string of the molecule is Cc1cc(F)cc(C)c1C(Cl)C1CCCC1. The Labute approximate surface area is 102 Å². The predicted molar refractivity (Wildman–Crippen MR) is 66.4 cm³/mol. The van der Waals surface area contributed by atoms with Crippen LogP contribution >= 0.6 is 11.6 Å². The molecule has 88 valence electrons. The molecule has 0 nitrogen and oxygen atoms in total. The maximum atomic E-state index is 13.2. The number of benzene rings is 1. The number of aryl methyl sites for hydroxylation is 2. The van der Waals surface area contributed by atoms with Crippen molar-refractivity contribution in [3.63, 3.8) is 0 Å². The van der Waals surface area contributed by atoms with Crippen LogP contribution in [0, 0.1) is 25.6 Å². The molecule has 0 spiro atoms. The van der Waals surface area contributed by atoms with Crippen LogP contribution in [-0.2, 0) is 0 Å². The molecular weight excluding hydrogens is 223 g/mol. The van der Waals surface area contributed by atoms with Crippen LogP contribution in [0.3, 0.4) is 0 Å². The molecular formula is C14H18ClF. The van der Waals surface area contributed by atoms with Gasteiger partial charge in [0.2, 0.25) is 0 Å². The Kier molecular flexibility index (Phi) is 3.53. The van der Waals surface area contributed by atoms with Crippen molar-refractivity contribution < 1.29 is 4.39 Å². The molecule has 2 heteroatoms. The Morgan fingerprint density at radius 3 is 2.19 bits per heavy atom. The first kappa shape index (κ1) is 11.9. The normalized spacial score (nSPS) is 19.0. The molecule has 1 aliphatic carbocycles. The summed E-state index contributed by atoms with van der Waals surface area (Å²) in [6, 6.07) is 3.18. The predicted octanol–water partition coefficient (Wildman–Crippen LogP) is 4.91. The summed E-state index contributed by atoms with van der Waals surface area (Å²) in [6.45, 7) is 3.91. The van der Waals surface area contributed by atoms with Crippen molar-refractivity contribution in [2.45, 2.75) is 44.9 Å². The Balaban J connectivity index is 2.31. The highest BCUT2D eigenvalue weighted by molar-refractivity contribution is 6.21. The van der Waals surface area contributed by atoms with Gasteiger partial charge in [-0.15, -0.1) is 11.6 Å². The highest BCUT2D eigenvalue weighted by atomic mass is 35.5. The van der Waals surface area contributed by atoms with Crippen LogP contribution in [0.25, 0.3) is 0 Å². The van der Waals surface area contributed by atoms with Gasteiger partial charge in [-0.1, -0.05) is 12.8 Å². The first-order valence-corrected chi connectivity index (χ1v) is 6.44. The van der Waals surface area contributed by atoms with Gasteiger partial charge in [0.15, 0.2) is 0 Å². The maximum Gasteiger partial charge on any atom is 0.123 e. The van der Waals surface area contributed by atoms with E-state index < -0.39 is 0 Å². The summed E-state index contributed by atoms with van der Waals surface area (Å²) in [5.74, 6) is 0.415. The third-order valence-electron chi connectivity index (χ3n) is 3.65. The number of hydrogen-bond acceptors (Lipinski definition) is 0. The van der Waals surface area contributed by atoms with Crippen LogP contribution in [0.5, 0.6) is 0 Å². The van der Waals surface area contributed by atoms with Crippen molar-refractivity contribution in [2.24, 2.45) is 5.92 Å². The molecule has 0 bridgehead atoms. The summed E-state index contributed by atoms with van der Waals surface area (Å²) in [6.07, 6.45) is 5.00. The van der Waals surface area contributed by atoms with Gasteiger partial charge in [0.25, 0.3) is 0 Å². The fourth-order valence-corrected chi connectivity index (χ4v) is 3.44. The molecule has 0 amide bonds. The monoisotopic (exact) mass is 240 g/mol. The summed E-state index contributed by atoms with van der Waals surface area (Å²) >= 11 is 6.55. The van der Waals surface area contributed by atoms with E-state index in [0.717, 1.165) is 16.7 Å². The van der Waals surface area contributed by atoms with Crippen molar-refractivity contribution in [1.82, 2.24) is 0 Å². The fourth-order valence-electron chi connectivity index (χ4n) is 2.84. The standard InChI is InChI=1S/C14H18ClF/c1-9-7-12(16)8-10(2)13(9)14(15)11-5-3-4-6-11/h7-8,11,14H,3-6H2,1-2H3. The molecule has 1 aromatic carbocycles. The van der Waals surface area contributed by atoms with Gasteiger partial charge < -0.3 is 0 Å². The van der Waals surface area contributed by atoms with Gasteiger partial charge >= 0.3 is 0 Å². The quantitative estimate of drug-likeness (QED) is 0.644. The van der Waals surface area contributed by atoms with Crippen LogP contribution in [0.4, 0.5) is 4.39 Å². The molecule has 2 rings (SSSR count). The minimum Gasteiger partial charge on any atom is -0.207 e. The third-order valence-corrected chi connectivity index (χ3v) is 4.22. The zero-order valence-corrected chi connectivity index (χ0v) is 10.6. The first-order chi connectivity index (χ1) is 7.59. The molecule has 1 saturated carbocycles. The van der Waals surface area contributed by atoms with E-state index in [1.807, 2.05) is 13.8 Å². The van der Waals surface area contributed by atoms with Gasteiger partial charge in [0.1, 0.15) is 5.82 Å². The molecule has 1 aliphatic rings.